The van der Waals surface area contributed by atoms with Crippen LogP contribution in [0.5, 0.6) is 0 Å². The summed E-state index contributed by atoms with van der Waals surface area (Å²) < 4.78 is 0. The number of carbonyl (C=O) groups is 2. The Morgan fingerprint density at radius 1 is 1.53 bits per heavy atom. The lowest BCUT2D eigenvalue weighted by molar-refractivity contribution is -0.146. The maximum atomic E-state index is 11.8. The Bertz CT molecular complexity index is 410. The van der Waals surface area contributed by atoms with E-state index in [-0.39, 0.29) is 12.3 Å². The molecule has 0 radical (unpaired) electrons. The second-order valence-corrected chi connectivity index (χ2v) is 6.13. The van der Waals surface area contributed by atoms with E-state index in [2.05, 4.69) is 5.32 Å². The molecule has 17 heavy (non-hydrogen) atoms. The van der Waals surface area contributed by atoms with E-state index in [1.165, 1.54) is 11.3 Å². The first-order chi connectivity index (χ1) is 8.12. The molecular formula is C11H13NO3S2. The number of thioether (sulfide) groups is 1. The Labute approximate surface area is 107 Å². The molecule has 92 valence electrons. The minimum Gasteiger partial charge on any atom is -0.479 e. The molecule has 2 N–H and O–H groups in total. The van der Waals surface area contributed by atoms with Crippen LogP contribution in [0, 0.1) is 0 Å². The van der Waals surface area contributed by atoms with Crippen molar-refractivity contribution < 1.29 is 14.7 Å². The van der Waals surface area contributed by atoms with E-state index in [1.807, 2.05) is 17.5 Å². The number of hydrogen-bond donors (Lipinski definition) is 2. The van der Waals surface area contributed by atoms with Crippen molar-refractivity contribution in [1.82, 2.24) is 5.32 Å². The van der Waals surface area contributed by atoms with Gasteiger partial charge in [-0.05, 0) is 23.6 Å². The van der Waals surface area contributed by atoms with Crippen LogP contribution in [0.1, 0.15) is 11.3 Å². The minimum absolute atomic E-state index is 0.211. The van der Waals surface area contributed by atoms with Crippen molar-refractivity contribution in [3.8, 4) is 0 Å². The second-order valence-electron chi connectivity index (χ2n) is 3.99. The van der Waals surface area contributed by atoms with Gasteiger partial charge in [-0.2, -0.15) is 11.8 Å². The number of rotatable bonds is 4. The molecule has 4 nitrogen and oxygen atoms in total. The molecule has 6 heteroatoms. The minimum atomic E-state index is -1.06. The molecule has 1 aromatic rings. The van der Waals surface area contributed by atoms with Gasteiger partial charge in [0.1, 0.15) is 5.54 Å². The van der Waals surface area contributed by atoms with Crippen LogP contribution in [0.2, 0.25) is 0 Å². The van der Waals surface area contributed by atoms with E-state index in [0.29, 0.717) is 12.2 Å². The lowest BCUT2D eigenvalue weighted by Gasteiger charge is -2.24. The fourth-order valence-electron chi connectivity index (χ4n) is 1.77. The maximum absolute atomic E-state index is 11.8. The molecule has 0 spiro atoms. The predicted octanol–water partition coefficient (Wildman–Crippen LogP) is 1.37. The normalized spacial score (nSPS) is 23.5. The zero-order chi connectivity index (χ0) is 12.3. The summed E-state index contributed by atoms with van der Waals surface area (Å²) in [4.78, 5) is 24.0. The molecule has 0 aliphatic carbocycles. The van der Waals surface area contributed by atoms with Crippen molar-refractivity contribution in [3.63, 3.8) is 0 Å². The Morgan fingerprint density at radius 3 is 2.88 bits per heavy atom. The average Bonchev–Trinajstić information content (AvgIpc) is 2.89. The number of aliphatic carboxylic acids is 1. The van der Waals surface area contributed by atoms with Gasteiger partial charge in [0, 0.05) is 10.6 Å². The van der Waals surface area contributed by atoms with Crippen molar-refractivity contribution in [3.05, 3.63) is 22.4 Å². The molecule has 0 saturated carbocycles. The Morgan fingerprint density at radius 2 is 2.35 bits per heavy atom. The number of nitrogens with one attached hydrogen (secondary N) is 1. The second kappa shape index (κ2) is 5.10. The van der Waals surface area contributed by atoms with E-state index >= 15 is 0 Å². The Balaban J connectivity index is 1.99. The summed E-state index contributed by atoms with van der Waals surface area (Å²) in [5.41, 5.74) is -1.06. The van der Waals surface area contributed by atoms with Gasteiger partial charge < -0.3 is 10.4 Å². The first-order valence-electron chi connectivity index (χ1n) is 5.27. The highest BCUT2D eigenvalue weighted by Gasteiger charge is 2.43. The van der Waals surface area contributed by atoms with Gasteiger partial charge >= 0.3 is 5.97 Å². The van der Waals surface area contributed by atoms with Gasteiger partial charge in [-0.15, -0.1) is 11.3 Å². The molecule has 1 amide bonds. The highest BCUT2D eigenvalue weighted by molar-refractivity contribution is 7.99. The largest absolute Gasteiger partial charge is 0.479 e. The first-order valence-corrected chi connectivity index (χ1v) is 7.30. The summed E-state index contributed by atoms with van der Waals surface area (Å²) in [6.45, 7) is 0. The number of carboxylic acid groups (broad SMARTS) is 1. The predicted molar refractivity (Wildman–Crippen MR) is 68.5 cm³/mol. The lowest BCUT2D eigenvalue weighted by Crippen LogP contribution is -2.55. The maximum Gasteiger partial charge on any atom is 0.330 e. The van der Waals surface area contributed by atoms with Crippen LogP contribution in [0.15, 0.2) is 17.5 Å². The van der Waals surface area contributed by atoms with E-state index in [0.717, 1.165) is 10.6 Å². The molecule has 1 saturated heterocycles. The smallest absolute Gasteiger partial charge is 0.330 e. The SMILES string of the molecule is O=C(Cc1cccs1)N[C@@]1(C(=O)O)CCSC1. The topological polar surface area (TPSA) is 66.4 Å². The molecule has 0 unspecified atom stereocenters. The summed E-state index contributed by atoms with van der Waals surface area (Å²) in [5, 5.41) is 13.8. The van der Waals surface area contributed by atoms with Gasteiger partial charge in [-0.3, -0.25) is 4.79 Å². The average molecular weight is 271 g/mol. The molecule has 1 aliphatic rings. The fraction of sp³-hybridized carbons (Fsp3) is 0.455. The van der Waals surface area contributed by atoms with Crippen LogP contribution in [-0.2, 0) is 16.0 Å². The van der Waals surface area contributed by atoms with Gasteiger partial charge in [0.2, 0.25) is 5.91 Å². The van der Waals surface area contributed by atoms with Crippen LogP contribution >= 0.6 is 23.1 Å². The van der Waals surface area contributed by atoms with Crippen LogP contribution in [0.4, 0.5) is 0 Å². The van der Waals surface area contributed by atoms with Crippen LogP contribution in [0.25, 0.3) is 0 Å². The molecule has 1 aromatic heterocycles. The van der Waals surface area contributed by atoms with Gasteiger partial charge in [-0.1, -0.05) is 6.07 Å². The number of carboxylic acids is 1. The van der Waals surface area contributed by atoms with E-state index in [9.17, 15) is 14.7 Å². The lowest BCUT2D eigenvalue weighted by atomic mass is 9.99. The van der Waals surface area contributed by atoms with Crippen LogP contribution < -0.4 is 5.32 Å². The highest BCUT2D eigenvalue weighted by Crippen LogP contribution is 2.28. The van der Waals surface area contributed by atoms with Gasteiger partial charge in [0.25, 0.3) is 0 Å². The van der Waals surface area contributed by atoms with Crippen molar-refractivity contribution in [2.75, 3.05) is 11.5 Å². The monoisotopic (exact) mass is 271 g/mol. The third-order valence-corrected chi connectivity index (χ3v) is 4.79. The third kappa shape index (κ3) is 2.81. The summed E-state index contributed by atoms with van der Waals surface area (Å²) in [7, 11) is 0. The molecule has 0 aromatic carbocycles. The van der Waals surface area contributed by atoms with E-state index in [1.54, 1.807) is 11.8 Å². The van der Waals surface area contributed by atoms with Gasteiger partial charge in [-0.25, -0.2) is 4.79 Å². The molecule has 0 bridgehead atoms. The number of carbonyl (C=O) groups excluding carboxylic acids is 1. The zero-order valence-electron chi connectivity index (χ0n) is 9.14. The molecule has 2 rings (SSSR count). The molecular weight excluding hydrogens is 258 g/mol. The van der Waals surface area contributed by atoms with E-state index < -0.39 is 11.5 Å². The summed E-state index contributed by atoms with van der Waals surface area (Å²) in [6.07, 6.45) is 0.764. The Hall–Kier alpha value is -1.01. The van der Waals surface area contributed by atoms with Gasteiger partial charge in [0.05, 0.1) is 6.42 Å². The van der Waals surface area contributed by atoms with Crippen molar-refractivity contribution in [2.45, 2.75) is 18.4 Å². The quantitative estimate of drug-likeness (QED) is 0.868. The van der Waals surface area contributed by atoms with Crippen LogP contribution in [0.3, 0.4) is 0 Å². The van der Waals surface area contributed by atoms with Gasteiger partial charge in [0.15, 0.2) is 0 Å². The summed E-state index contributed by atoms with van der Waals surface area (Å²) in [5.74, 6) is 0.101. The fourth-order valence-corrected chi connectivity index (χ4v) is 3.80. The van der Waals surface area contributed by atoms with Crippen molar-refractivity contribution >= 4 is 35.0 Å². The molecule has 2 heterocycles. The number of amides is 1. The first kappa shape index (κ1) is 12.4. The molecule has 1 atom stereocenters. The summed E-state index contributed by atoms with van der Waals surface area (Å²) in [6, 6.07) is 3.76. The number of thiophene rings is 1. The van der Waals surface area contributed by atoms with Crippen LogP contribution in [-0.4, -0.2) is 34.0 Å². The summed E-state index contributed by atoms with van der Waals surface area (Å²) >= 11 is 3.07. The van der Waals surface area contributed by atoms with Crippen molar-refractivity contribution in [2.24, 2.45) is 0 Å². The molecule has 1 fully saturated rings. The highest BCUT2D eigenvalue weighted by atomic mass is 32.2. The van der Waals surface area contributed by atoms with E-state index in [4.69, 9.17) is 0 Å². The number of hydrogen-bond acceptors (Lipinski definition) is 4. The molecule has 1 aliphatic heterocycles. The Kier molecular flexibility index (Phi) is 3.73. The zero-order valence-corrected chi connectivity index (χ0v) is 10.8. The third-order valence-electron chi connectivity index (χ3n) is 2.72. The standard InChI is InChI=1S/C11H13NO3S2/c13-9(6-8-2-1-4-17-8)12-11(10(14)15)3-5-16-7-11/h1-2,4H,3,5-7H2,(H,12,13)(H,14,15)/t11-/m0/s1. The van der Waals surface area contributed by atoms with Crippen molar-refractivity contribution in [1.29, 1.82) is 0 Å².